The van der Waals surface area contributed by atoms with Gasteiger partial charge in [0.25, 0.3) is 0 Å². The lowest BCUT2D eigenvalue weighted by Crippen LogP contribution is -2.49. The number of likely N-dealkylation sites (tertiary alicyclic amines) is 1. The van der Waals surface area contributed by atoms with Gasteiger partial charge >= 0.3 is 12.2 Å². The first-order valence-electron chi connectivity index (χ1n) is 14.2. The number of hydrogen-bond acceptors (Lipinski definition) is 5. The third-order valence-corrected chi connectivity index (χ3v) is 9.12. The maximum atomic E-state index is 13.8. The first-order chi connectivity index (χ1) is 20.9. The molecular weight excluding hydrogens is 591 g/mol. The number of carbonyl (C=O) groups is 1. The summed E-state index contributed by atoms with van der Waals surface area (Å²) in [6.45, 7) is 2.74. The molecule has 1 aliphatic rings. The number of urea groups is 1. The Morgan fingerprint density at radius 3 is 2.34 bits per heavy atom. The second-order valence-corrected chi connectivity index (χ2v) is 13.1. The molecule has 0 saturated carbocycles. The minimum Gasteiger partial charge on any atom is -0.347 e. The molecule has 12 heteroatoms. The van der Waals surface area contributed by atoms with Gasteiger partial charge in [0.2, 0.25) is 0 Å². The lowest BCUT2D eigenvalue weighted by Gasteiger charge is -2.41. The molecular formula is C32H34F3N5O3S. The first-order valence-corrected chi connectivity index (χ1v) is 16.1. The third kappa shape index (κ3) is 7.31. The first kappa shape index (κ1) is 31.3. The molecule has 2 heterocycles. The van der Waals surface area contributed by atoms with Gasteiger partial charge in [-0.1, -0.05) is 42.5 Å². The van der Waals surface area contributed by atoms with Crippen molar-refractivity contribution in [3.8, 4) is 0 Å². The molecule has 8 nitrogen and oxygen atoms in total. The van der Waals surface area contributed by atoms with Crippen molar-refractivity contribution in [3.63, 3.8) is 0 Å². The molecule has 5 rings (SSSR count). The molecule has 0 radical (unpaired) electrons. The average Bonchev–Trinajstić information content (AvgIpc) is 3.51. The number of H-pyrrole nitrogens is 1. The summed E-state index contributed by atoms with van der Waals surface area (Å²) in [4.78, 5) is 24.9. The highest BCUT2D eigenvalue weighted by atomic mass is 32.2. The summed E-state index contributed by atoms with van der Waals surface area (Å²) in [6.07, 6.45) is 0.963. The lowest BCUT2D eigenvalue weighted by atomic mass is 9.94. The molecule has 1 unspecified atom stereocenters. The summed E-state index contributed by atoms with van der Waals surface area (Å²) in [5, 5.41) is 2.96. The van der Waals surface area contributed by atoms with E-state index in [0.29, 0.717) is 42.9 Å². The molecule has 0 spiro atoms. The van der Waals surface area contributed by atoms with E-state index < -0.39 is 27.6 Å². The Bertz CT molecular complexity index is 1670. The van der Waals surface area contributed by atoms with E-state index in [1.165, 1.54) is 37.5 Å². The number of hydrogen-bond donors (Lipinski definition) is 2. The Hall–Kier alpha value is -4.16. The van der Waals surface area contributed by atoms with Crippen LogP contribution in [0.25, 0.3) is 0 Å². The molecule has 0 aliphatic carbocycles. The predicted molar refractivity (Wildman–Crippen MR) is 162 cm³/mol. The summed E-state index contributed by atoms with van der Waals surface area (Å²) < 4.78 is 65.3. The average molecular weight is 626 g/mol. The van der Waals surface area contributed by atoms with E-state index >= 15 is 0 Å². The number of aromatic amines is 1. The molecule has 1 atom stereocenters. The van der Waals surface area contributed by atoms with E-state index in [4.69, 9.17) is 0 Å². The molecule has 1 fully saturated rings. The Labute approximate surface area is 254 Å². The van der Waals surface area contributed by atoms with Crippen LogP contribution in [0.1, 0.15) is 46.8 Å². The summed E-state index contributed by atoms with van der Waals surface area (Å²) in [7, 11) is -3.36. The fourth-order valence-corrected chi connectivity index (χ4v) is 6.33. The van der Waals surface area contributed by atoms with Crippen LogP contribution in [0, 0.1) is 6.92 Å². The second kappa shape index (κ2) is 12.8. The van der Waals surface area contributed by atoms with Gasteiger partial charge < -0.3 is 15.2 Å². The highest BCUT2D eigenvalue weighted by Gasteiger charge is 2.36. The predicted octanol–water partition coefficient (Wildman–Crippen LogP) is 6.43. The largest absolute Gasteiger partial charge is 0.416 e. The fourth-order valence-electron chi connectivity index (χ4n) is 5.70. The SMILES string of the molecule is Cc1ccc(C(c2cnc[nH]2)N2CCC(N(Cc3ccc(S(C)(=O)=O)cc3)C(=O)Nc3ccccc3)CC2)cc1C(F)(F)F. The number of nitrogens with one attached hydrogen (secondary N) is 2. The van der Waals surface area contributed by atoms with Gasteiger partial charge in [0.15, 0.2) is 9.84 Å². The molecule has 44 heavy (non-hydrogen) atoms. The number of aryl methyl sites for hydroxylation is 1. The van der Waals surface area contributed by atoms with E-state index in [2.05, 4.69) is 20.2 Å². The van der Waals surface area contributed by atoms with Crippen LogP contribution >= 0.6 is 0 Å². The molecule has 1 saturated heterocycles. The number of nitrogens with zero attached hydrogens (tertiary/aromatic N) is 3. The number of benzene rings is 3. The minimum atomic E-state index is -4.47. The minimum absolute atomic E-state index is 0.160. The molecule has 232 valence electrons. The molecule has 0 bridgehead atoms. The van der Waals surface area contributed by atoms with E-state index in [0.717, 1.165) is 11.8 Å². The van der Waals surface area contributed by atoms with Gasteiger partial charge in [-0.05, 0) is 66.8 Å². The Morgan fingerprint density at radius 1 is 1.07 bits per heavy atom. The van der Waals surface area contributed by atoms with Crippen LogP contribution < -0.4 is 5.32 Å². The fraction of sp³-hybridized carbons (Fsp3) is 0.312. The summed E-state index contributed by atoms with van der Waals surface area (Å²) in [5.41, 5.74) is 2.11. The van der Waals surface area contributed by atoms with Crippen LogP contribution in [0.3, 0.4) is 0 Å². The monoisotopic (exact) mass is 625 g/mol. The molecule has 1 aromatic heterocycles. The topological polar surface area (TPSA) is 98.4 Å². The number of imidazole rings is 1. The van der Waals surface area contributed by atoms with E-state index in [1.54, 1.807) is 41.4 Å². The van der Waals surface area contributed by atoms with Crippen molar-refractivity contribution >= 4 is 21.6 Å². The van der Waals surface area contributed by atoms with Gasteiger partial charge in [-0.15, -0.1) is 0 Å². The number of rotatable bonds is 8. The third-order valence-electron chi connectivity index (χ3n) is 7.99. The highest BCUT2D eigenvalue weighted by Crippen LogP contribution is 2.37. The maximum absolute atomic E-state index is 13.8. The van der Waals surface area contributed by atoms with E-state index in [-0.39, 0.29) is 29.1 Å². The van der Waals surface area contributed by atoms with Gasteiger partial charge in [0.05, 0.1) is 28.5 Å². The van der Waals surface area contributed by atoms with Gasteiger partial charge in [0.1, 0.15) is 0 Å². The zero-order valence-electron chi connectivity index (χ0n) is 24.4. The van der Waals surface area contributed by atoms with Gasteiger partial charge in [-0.25, -0.2) is 18.2 Å². The Morgan fingerprint density at radius 2 is 1.75 bits per heavy atom. The van der Waals surface area contributed by atoms with Crippen LogP contribution in [0.2, 0.25) is 0 Å². The van der Waals surface area contributed by atoms with Crippen molar-refractivity contribution in [1.82, 2.24) is 19.8 Å². The van der Waals surface area contributed by atoms with Crippen molar-refractivity contribution in [3.05, 3.63) is 113 Å². The zero-order valence-corrected chi connectivity index (χ0v) is 25.2. The number of alkyl halides is 3. The molecule has 1 aliphatic heterocycles. The molecule has 2 amide bonds. The van der Waals surface area contributed by atoms with Crippen molar-refractivity contribution < 1.29 is 26.4 Å². The maximum Gasteiger partial charge on any atom is 0.416 e. The molecule has 4 aromatic rings. The lowest BCUT2D eigenvalue weighted by molar-refractivity contribution is -0.138. The standard InChI is InChI=1S/C32H34F3N5O3S/c1-22-8-11-24(18-28(22)32(33,34)35)30(29-19-36-21-37-29)39-16-14-26(15-17-39)40(31(41)38-25-6-4-3-5-7-25)20-23-9-12-27(13-10-23)44(2,42)43/h3-13,18-19,21,26,30H,14-17,20H2,1-2H3,(H,36,37)(H,38,41). The molecule has 2 N–H and O–H groups in total. The smallest absolute Gasteiger partial charge is 0.347 e. The van der Waals surface area contributed by atoms with Gasteiger partial charge in [-0.3, -0.25) is 4.90 Å². The van der Waals surface area contributed by atoms with Crippen LogP contribution in [0.15, 0.2) is 90.2 Å². The normalized spacial score (nSPS) is 15.6. The van der Waals surface area contributed by atoms with Gasteiger partial charge in [-0.2, -0.15) is 13.2 Å². The number of para-hydroxylation sites is 1. The number of anilines is 1. The van der Waals surface area contributed by atoms with Crippen LogP contribution in [0.5, 0.6) is 0 Å². The summed E-state index contributed by atoms with van der Waals surface area (Å²) in [5.74, 6) is 0. The van der Waals surface area contributed by atoms with Crippen molar-refractivity contribution in [1.29, 1.82) is 0 Å². The number of aromatic nitrogens is 2. The van der Waals surface area contributed by atoms with Crippen LogP contribution in [-0.4, -0.2) is 59.6 Å². The Kier molecular flexibility index (Phi) is 9.12. The van der Waals surface area contributed by atoms with Crippen molar-refractivity contribution in [2.45, 2.75) is 49.5 Å². The van der Waals surface area contributed by atoms with E-state index in [9.17, 15) is 26.4 Å². The highest BCUT2D eigenvalue weighted by molar-refractivity contribution is 7.90. The number of piperidine rings is 1. The number of halogens is 3. The number of amides is 2. The summed E-state index contributed by atoms with van der Waals surface area (Å²) in [6, 6.07) is 19.1. The van der Waals surface area contributed by atoms with Crippen LogP contribution in [0.4, 0.5) is 23.7 Å². The number of sulfone groups is 1. The van der Waals surface area contributed by atoms with E-state index in [1.807, 2.05) is 18.2 Å². The van der Waals surface area contributed by atoms with Crippen molar-refractivity contribution in [2.24, 2.45) is 0 Å². The zero-order chi connectivity index (χ0) is 31.5. The Balaban J connectivity index is 1.39. The number of carbonyl (C=O) groups excluding carboxylic acids is 1. The second-order valence-electron chi connectivity index (χ2n) is 11.1. The van der Waals surface area contributed by atoms with Crippen molar-refractivity contribution in [2.75, 3.05) is 24.7 Å². The van der Waals surface area contributed by atoms with Crippen LogP contribution in [-0.2, 0) is 22.6 Å². The molecule has 3 aromatic carbocycles. The quantitative estimate of drug-likeness (QED) is 0.235. The summed E-state index contributed by atoms with van der Waals surface area (Å²) >= 11 is 0. The van der Waals surface area contributed by atoms with Gasteiger partial charge in [0, 0.05) is 43.8 Å².